The third-order valence-corrected chi connectivity index (χ3v) is 2.99. The van der Waals surface area contributed by atoms with E-state index in [4.69, 9.17) is 0 Å². The van der Waals surface area contributed by atoms with Crippen LogP contribution in [0.3, 0.4) is 0 Å². The van der Waals surface area contributed by atoms with E-state index in [0.717, 1.165) is 16.3 Å². The van der Waals surface area contributed by atoms with Crippen LogP contribution in [-0.4, -0.2) is 11.5 Å². The van der Waals surface area contributed by atoms with Gasteiger partial charge in [0, 0.05) is 4.92 Å². The number of nitrogens with zero attached hydrogens (tertiary/aromatic N) is 1. The molecule has 3 heteroatoms. The molecule has 92 valence electrons. The zero-order valence-electron chi connectivity index (χ0n) is 10.2. The number of hydrogen-bond acceptors (Lipinski definition) is 2. The van der Waals surface area contributed by atoms with E-state index in [1.807, 2.05) is 61.5 Å². The second-order valence-electron chi connectivity index (χ2n) is 4.22. The Hall–Kier alpha value is -2.16. The van der Waals surface area contributed by atoms with Gasteiger partial charge in [-0.25, -0.2) is 0 Å². The Balaban J connectivity index is 2.53. The first-order valence-corrected chi connectivity index (χ1v) is 5.94. The lowest BCUT2D eigenvalue weighted by atomic mass is 9.93. The molecular weight excluding hydrogens is 226 g/mol. The van der Waals surface area contributed by atoms with E-state index in [2.05, 4.69) is 0 Å². The molecule has 0 spiro atoms. The first-order valence-electron chi connectivity index (χ1n) is 5.94. The lowest BCUT2D eigenvalue weighted by Gasteiger charge is -2.12. The monoisotopic (exact) mass is 241 g/mol. The van der Waals surface area contributed by atoms with Gasteiger partial charge in [0.2, 0.25) is 6.54 Å². The molecule has 18 heavy (non-hydrogen) atoms. The summed E-state index contributed by atoms with van der Waals surface area (Å²) in [5.74, 6) is -0.170. The molecule has 0 N–H and O–H groups in total. The zero-order chi connectivity index (χ0) is 13.0. The normalized spacial score (nSPS) is 12.9. The molecule has 2 aromatic carbocycles. The Morgan fingerprint density at radius 3 is 2.67 bits per heavy atom. The summed E-state index contributed by atoms with van der Waals surface area (Å²) in [5, 5.41) is 13.0. The number of allylic oxidation sites excluding steroid dienone is 1. The van der Waals surface area contributed by atoms with Crippen LogP contribution in [0.1, 0.15) is 18.4 Å². The van der Waals surface area contributed by atoms with Crippen molar-refractivity contribution >= 4 is 10.8 Å². The molecule has 0 heterocycles. The van der Waals surface area contributed by atoms with E-state index in [-0.39, 0.29) is 17.4 Å². The van der Waals surface area contributed by atoms with E-state index in [0.29, 0.717) is 0 Å². The highest BCUT2D eigenvalue weighted by Crippen LogP contribution is 2.26. The number of rotatable bonds is 4. The molecule has 1 unspecified atom stereocenters. The summed E-state index contributed by atoms with van der Waals surface area (Å²) in [6.45, 7) is 1.82. The summed E-state index contributed by atoms with van der Waals surface area (Å²) in [6, 6.07) is 13.9. The Bertz CT molecular complexity index is 585. The summed E-state index contributed by atoms with van der Waals surface area (Å²) in [5.41, 5.74) is 1.02. The Morgan fingerprint density at radius 2 is 1.94 bits per heavy atom. The second-order valence-corrected chi connectivity index (χ2v) is 4.22. The van der Waals surface area contributed by atoms with Crippen LogP contribution in [0.15, 0.2) is 54.6 Å². The van der Waals surface area contributed by atoms with Gasteiger partial charge in [-0.2, -0.15) is 0 Å². The van der Waals surface area contributed by atoms with Crippen molar-refractivity contribution in [2.75, 3.05) is 6.54 Å². The first kappa shape index (κ1) is 12.3. The van der Waals surface area contributed by atoms with Gasteiger partial charge in [-0.15, -0.1) is 0 Å². The molecule has 0 bridgehead atoms. The molecular formula is C15H15NO2. The lowest BCUT2D eigenvalue weighted by Crippen LogP contribution is -2.10. The van der Waals surface area contributed by atoms with E-state index in [9.17, 15) is 10.1 Å². The Morgan fingerprint density at radius 1 is 1.22 bits per heavy atom. The summed E-state index contributed by atoms with van der Waals surface area (Å²) in [4.78, 5) is 10.5. The summed E-state index contributed by atoms with van der Waals surface area (Å²) < 4.78 is 0. The summed E-state index contributed by atoms with van der Waals surface area (Å²) in [6.07, 6.45) is 3.76. The standard InChI is InChI=1S/C15H15NO2/c1-2-6-13(11-16(17)18)15-10-5-8-12-7-3-4-9-14(12)15/h2-10,13H,11H2,1H3/b6-2+. The first-order chi connectivity index (χ1) is 8.72. The molecule has 0 saturated carbocycles. The van der Waals surface area contributed by atoms with E-state index in [1.165, 1.54) is 0 Å². The van der Waals surface area contributed by atoms with E-state index < -0.39 is 0 Å². The lowest BCUT2D eigenvalue weighted by molar-refractivity contribution is -0.481. The average molecular weight is 241 g/mol. The van der Waals surface area contributed by atoms with Crippen molar-refractivity contribution in [2.45, 2.75) is 12.8 Å². The molecule has 0 amide bonds. The second kappa shape index (κ2) is 5.45. The highest BCUT2D eigenvalue weighted by molar-refractivity contribution is 5.86. The Kier molecular flexibility index (Phi) is 3.72. The molecule has 2 aromatic rings. The van der Waals surface area contributed by atoms with Crippen LogP contribution in [0.5, 0.6) is 0 Å². The zero-order valence-corrected chi connectivity index (χ0v) is 10.2. The largest absolute Gasteiger partial charge is 0.265 e. The third kappa shape index (κ3) is 2.56. The SMILES string of the molecule is C/C=C/C(C[N+](=O)[O-])c1cccc2ccccc12. The van der Waals surface area contributed by atoms with Gasteiger partial charge in [0.05, 0.1) is 5.92 Å². The maximum Gasteiger partial charge on any atom is 0.214 e. The molecule has 0 radical (unpaired) electrons. The van der Waals surface area contributed by atoms with Gasteiger partial charge in [-0.3, -0.25) is 10.1 Å². The van der Waals surface area contributed by atoms with Crippen LogP contribution in [-0.2, 0) is 0 Å². The fraction of sp³-hybridized carbons (Fsp3) is 0.200. The highest BCUT2D eigenvalue weighted by atomic mass is 16.6. The molecule has 3 nitrogen and oxygen atoms in total. The van der Waals surface area contributed by atoms with Crippen molar-refractivity contribution in [2.24, 2.45) is 0 Å². The van der Waals surface area contributed by atoms with E-state index >= 15 is 0 Å². The van der Waals surface area contributed by atoms with Crippen molar-refractivity contribution in [3.63, 3.8) is 0 Å². The number of fused-ring (bicyclic) bond motifs is 1. The number of hydrogen-bond donors (Lipinski definition) is 0. The van der Waals surface area contributed by atoms with Crippen molar-refractivity contribution in [1.29, 1.82) is 0 Å². The van der Waals surface area contributed by atoms with Crippen LogP contribution in [0, 0.1) is 10.1 Å². The molecule has 0 aliphatic rings. The van der Waals surface area contributed by atoms with Crippen molar-refractivity contribution in [3.8, 4) is 0 Å². The molecule has 0 aliphatic heterocycles. The van der Waals surface area contributed by atoms with Crippen molar-refractivity contribution in [3.05, 3.63) is 70.3 Å². The molecule has 0 aliphatic carbocycles. The van der Waals surface area contributed by atoms with Crippen LogP contribution in [0.2, 0.25) is 0 Å². The number of benzene rings is 2. The van der Waals surface area contributed by atoms with Gasteiger partial charge in [0.1, 0.15) is 0 Å². The summed E-state index contributed by atoms with van der Waals surface area (Å²) >= 11 is 0. The van der Waals surface area contributed by atoms with Crippen LogP contribution < -0.4 is 0 Å². The van der Waals surface area contributed by atoms with Crippen molar-refractivity contribution in [1.82, 2.24) is 0 Å². The van der Waals surface area contributed by atoms with Gasteiger partial charge in [0.15, 0.2) is 0 Å². The van der Waals surface area contributed by atoms with Gasteiger partial charge in [0.25, 0.3) is 0 Å². The van der Waals surface area contributed by atoms with E-state index in [1.54, 1.807) is 0 Å². The van der Waals surface area contributed by atoms with Crippen molar-refractivity contribution < 1.29 is 4.92 Å². The predicted octanol–water partition coefficient (Wildman–Crippen LogP) is 3.78. The predicted molar refractivity (Wildman–Crippen MR) is 73.4 cm³/mol. The fourth-order valence-electron chi connectivity index (χ4n) is 2.23. The minimum Gasteiger partial charge on any atom is -0.265 e. The van der Waals surface area contributed by atoms with Gasteiger partial charge >= 0.3 is 0 Å². The van der Waals surface area contributed by atoms with Crippen LogP contribution in [0.25, 0.3) is 10.8 Å². The quantitative estimate of drug-likeness (QED) is 0.464. The van der Waals surface area contributed by atoms with Crippen LogP contribution in [0.4, 0.5) is 0 Å². The Labute approximate surface area is 106 Å². The highest BCUT2D eigenvalue weighted by Gasteiger charge is 2.16. The fourth-order valence-corrected chi connectivity index (χ4v) is 2.23. The van der Waals surface area contributed by atoms with Crippen LogP contribution >= 0.6 is 0 Å². The minimum atomic E-state index is -0.258. The average Bonchev–Trinajstić information content (AvgIpc) is 2.37. The molecule has 0 saturated heterocycles. The van der Waals surface area contributed by atoms with Gasteiger partial charge < -0.3 is 0 Å². The van der Waals surface area contributed by atoms with Gasteiger partial charge in [-0.05, 0) is 23.3 Å². The smallest absolute Gasteiger partial charge is 0.214 e. The topological polar surface area (TPSA) is 43.1 Å². The van der Waals surface area contributed by atoms with Gasteiger partial charge in [-0.1, -0.05) is 54.6 Å². The molecule has 0 aromatic heterocycles. The summed E-state index contributed by atoms with van der Waals surface area (Å²) in [7, 11) is 0. The third-order valence-electron chi connectivity index (χ3n) is 2.99. The maximum absolute atomic E-state index is 10.8. The molecule has 0 fully saturated rings. The number of nitro groups is 1. The molecule has 1 atom stereocenters. The molecule has 2 rings (SSSR count). The minimum absolute atomic E-state index is 0.0711. The maximum atomic E-state index is 10.8.